The van der Waals surface area contributed by atoms with Gasteiger partial charge in [-0.15, -0.1) is 11.8 Å². The van der Waals surface area contributed by atoms with Crippen LogP contribution in [0.2, 0.25) is 0 Å². The second-order valence-corrected chi connectivity index (χ2v) is 7.97. The number of nitrogens with one attached hydrogen (secondary N) is 2. The van der Waals surface area contributed by atoms with Crippen LogP contribution in [-0.2, 0) is 6.54 Å². The van der Waals surface area contributed by atoms with Crippen molar-refractivity contribution in [1.29, 1.82) is 0 Å². The average molecular weight is 399 g/mol. The van der Waals surface area contributed by atoms with Gasteiger partial charge < -0.3 is 5.32 Å². The first kappa shape index (κ1) is 20.1. The van der Waals surface area contributed by atoms with Gasteiger partial charge in [0.1, 0.15) is 0 Å². The first-order chi connectivity index (χ1) is 13.4. The van der Waals surface area contributed by atoms with E-state index in [2.05, 4.69) is 10.6 Å². The molecular weight excluding hydrogens is 372 g/mol. The van der Waals surface area contributed by atoms with Crippen LogP contribution in [0, 0.1) is 6.92 Å². The molecule has 6 nitrogen and oxygen atoms in total. The zero-order chi connectivity index (χ0) is 20.3. The van der Waals surface area contributed by atoms with Crippen LogP contribution in [0.25, 0.3) is 0 Å². The third kappa shape index (κ3) is 4.42. The topological polar surface area (TPSA) is 64.7 Å². The molecule has 0 spiro atoms. The minimum absolute atomic E-state index is 0.228. The molecule has 0 bridgehead atoms. The van der Waals surface area contributed by atoms with Gasteiger partial charge in [0, 0.05) is 16.6 Å². The number of anilines is 1. The second-order valence-electron chi connectivity index (χ2n) is 7.09. The highest BCUT2D eigenvalue weighted by molar-refractivity contribution is 7.98. The van der Waals surface area contributed by atoms with Crippen molar-refractivity contribution in [2.75, 3.05) is 11.6 Å². The largest absolute Gasteiger partial charge is 0.348 e. The van der Waals surface area contributed by atoms with E-state index in [0.717, 1.165) is 21.7 Å². The smallest absolute Gasteiger partial charge is 0.331 e. The fourth-order valence-electron chi connectivity index (χ4n) is 3.09. The Morgan fingerprint density at radius 3 is 2.50 bits per heavy atom. The highest BCUT2D eigenvalue weighted by atomic mass is 32.2. The highest BCUT2D eigenvalue weighted by Gasteiger charge is 2.39. The van der Waals surface area contributed by atoms with Crippen molar-refractivity contribution in [2.45, 2.75) is 44.5 Å². The van der Waals surface area contributed by atoms with Crippen molar-refractivity contribution in [3.8, 4) is 0 Å². The minimum Gasteiger partial charge on any atom is -0.348 e. The number of urea groups is 2. The lowest BCUT2D eigenvalue weighted by molar-refractivity contribution is 0.0975. The molecule has 1 atom stereocenters. The third-order valence-electron chi connectivity index (χ3n) is 4.61. The zero-order valence-electron chi connectivity index (χ0n) is 16.6. The molecule has 1 fully saturated rings. The van der Waals surface area contributed by atoms with Gasteiger partial charge in [-0.05, 0) is 50.8 Å². The fourth-order valence-corrected chi connectivity index (χ4v) is 3.55. The van der Waals surface area contributed by atoms with Gasteiger partial charge in [0.15, 0.2) is 6.29 Å². The van der Waals surface area contributed by atoms with Gasteiger partial charge in [0.05, 0.1) is 6.54 Å². The predicted molar refractivity (Wildman–Crippen MR) is 113 cm³/mol. The van der Waals surface area contributed by atoms with Gasteiger partial charge in [-0.25, -0.2) is 14.5 Å². The number of thioether (sulfide) groups is 1. The molecule has 1 heterocycles. The summed E-state index contributed by atoms with van der Waals surface area (Å²) in [6, 6.07) is 15.0. The number of benzene rings is 2. The number of hydrogen-bond acceptors (Lipinski definition) is 4. The molecule has 0 saturated carbocycles. The molecule has 2 aromatic rings. The first-order valence-corrected chi connectivity index (χ1v) is 10.5. The molecule has 0 aliphatic carbocycles. The van der Waals surface area contributed by atoms with Crippen molar-refractivity contribution in [2.24, 2.45) is 0 Å². The number of imide groups is 1. The summed E-state index contributed by atoms with van der Waals surface area (Å²) < 4.78 is 0. The van der Waals surface area contributed by atoms with E-state index in [1.807, 2.05) is 75.6 Å². The summed E-state index contributed by atoms with van der Waals surface area (Å²) >= 11 is 1.64. The quantitative estimate of drug-likeness (QED) is 0.705. The highest BCUT2D eigenvalue weighted by Crippen LogP contribution is 2.23. The summed E-state index contributed by atoms with van der Waals surface area (Å²) in [5.74, 6) is 0. The van der Waals surface area contributed by atoms with E-state index in [4.69, 9.17) is 0 Å². The monoisotopic (exact) mass is 398 g/mol. The number of carbonyl (C=O) groups is 2. The lowest BCUT2D eigenvalue weighted by Crippen LogP contribution is -2.68. The Morgan fingerprint density at radius 2 is 1.86 bits per heavy atom. The maximum Gasteiger partial charge on any atom is 0.331 e. The van der Waals surface area contributed by atoms with E-state index in [1.54, 1.807) is 16.7 Å². The summed E-state index contributed by atoms with van der Waals surface area (Å²) in [6.45, 7) is 6.08. The Balaban J connectivity index is 1.88. The number of amides is 4. The Hall–Kier alpha value is -2.67. The fraction of sp³-hybridized carbons (Fsp3) is 0.333. The third-order valence-corrected chi connectivity index (χ3v) is 5.33. The summed E-state index contributed by atoms with van der Waals surface area (Å²) in [5.41, 5.74) is 3.01. The molecule has 1 aliphatic heterocycles. The molecule has 4 amide bonds. The van der Waals surface area contributed by atoms with Crippen LogP contribution in [0.1, 0.15) is 25.0 Å². The Morgan fingerprint density at radius 1 is 1.14 bits per heavy atom. The van der Waals surface area contributed by atoms with E-state index in [1.165, 1.54) is 4.90 Å². The second kappa shape index (κ2) is 8.56. The van der Waals surface area contributed by atoms with E-state index in [9.17, 15) is 9.59 Å². The van der Waals surface area contributed by atoms with Gasteiger partial charge in [0.2, 0.25) is 0 Å². The van der Waals surface area contributed by atoms with E-state index in [-0.39, 0.29) is 12.1 Å². The van der Waals surface area contributed by atoms with Crippen molar-refractivity contribution < 1.29 is 9.59 Å². The molecule has 0 aromatic heterocycles. The number of aryl methyl sites for hydroxylation is 1. The molecule has 28 heavy (non-hydrogen) atoms. The van der Waals surface area contributed by atoms with Crippen LogP contribution in [0.3, 0.4) is 0 Å². The molecule has 7 heteroatoms. The van der Waals surface area contributed by atoms with Crippen molar-refractivity contribution in [1.82, 2.24) is 15.1 Å². The molecule has 0 radical (unpaired) electrons. The van der Waals surface area contributed by atoms with Gasteiger partial charge in [0.25, 0.3) is 0 Å². The van der Waals surface area contributed by atoms with Crippen LogP contribution in [0.15, 0.2) is 53.4 Å². The van der Waals surface area contributed by atoms with Crippen LogP contribution in [0.5, 0.6) is 0 Å². The summed E-state index contributed by atoms with van der Waals surface area (Å²) in [4.78, 5) is 29.7. The number of hydrogen-bond donors (Lipinski definition) is 2. The van der Waals surface area contributed by atoms with Crippen LogP contribution in [0.4, 0.5) is 15.3 Å². The van der Waals surface area contributed by atoms with Crippen LogP contribution >= 0.6 is 11.8 Å². The Kier molecular flexibility index (Phi) is 6.14. The van der Waals surface area contributed by atoms with Gasteiger partial charge >= 0.3 is 12.1 Å². The summed E-state index contributed by atoms with van der Waals surface area (Å²) in [7, 11) is 0. The van der Waals surface area contributed by atoms with E-state index in [0.29, 0.717) is 6.54 Å². The molecular formula is C21H26N4O2S. The van der Waals surface area contributed by atoms with Gasteiger partial charge in [-0.3, -0.25) is 10.2 Å². The SMILES string of the molecule is CSc1cccc(NC2NC(=O)N(C(C)C)C(=O)N2Cc2ccc(C)cc2)c1. The Labute approximate surface area is 170 Å². The molecule has 148 valence electrons. The predicted octanol–water partition coefficient (Wildman–Crippen LogP) is 4.47. The number of carbonyl (C=O) groups excluding carboxylic acids is 2. The molecule has 1 aliphatic rings. The lowest BCUT2D eigenvalue weighted by atomic mass is 10.1. The Bertz CT molecular complexity index is 854. The van der Waals surface area contributed by atoms with Crippen molar-refractivity contribution in [3.63, 3.8) is 0 Å². The van der Waals surface area contributed by atoms with Crippen molar-refractivity contribution in [3.05, 3.63) is 59.7 Å². The minimum atomic E-state index is -0.631. The summed E-state index contributed by atoms with van der Waals surface area (Å²) in [5, 5.41) is 6.21. The summed E-state index contributed by atoms with van der Waals surface area (Å²) in [6.07, 6.45) is 1.38. The standard InChI is InChI=1S/C21H26N4O2S/c1-14(2)25-20(26)23-19(22-17-6-5-7-18(12-17)28-4)24(21(25)27)13-16-10-8-15(3)9-11-16/h5-12,14,19,22H,13H2,1-4H3,(H,23,26). The van der Waals surface area contributed by atoms with E-state index < -0.39 is 12.3 Å². The molecule has 2 N–H and O–H groups in total. The van der Waals surface area contributed by atoms with Gasteiger partial charge in [-0.1, -0.05) is 35.9 Å². The lowest BCUT2D eigenvalue weighted by Gasteiger charge is -2.42. The molecule has 3 rings (SSSR count). The molecule has 2 aromatic carbocycles. The maximum atomic E-state index is 13.1. The average Bonchev–Trinajstić information content (AvgIpc) is 2.66. The number of nitrogens with zero attached hydrogens (tertiary/aromatic N) is 2. The first-order valence-electron chi connectivity index (χ1n) is 9.25. The number of rotatable bonds is 6. The van der Waals surface area contributed by atoms with Gasteiger partial charge in [-0.2, -0.15) is 0 Å². The molecule has 1 saturated heterocycles. The van der Waals surface area contributed by atoms with E-state index >= 15 is 0 Å². The maximum absolute atomic E-state index is 13.1. The van der Waals surface area contributed by atoms with Crippen LogP contribution < -0.4 is 10.6 Å². The van der Waals surface area contributed by atoms with Crippen LogP contribution in [-0.4, -0.2) is 40.4 Å². The zero-order valence-corrected chi connectivity index (χ0v) is 17.4. The van der Waals surface area contributed by atoms with Crippen molar-refractivity contribution >= 4 is 29.5 Å². The normalized spacial score (nSPS) is 17.1. The molecule has 1 unspecified atom stereocenters.